The molecule has 2 saturated heterocycles. The van der Waals surface area contributed by atoms with Crippen LogP contribution in [0.2, 0.25) is 0 Å². The lowest BCUT2D eigenvalue weighted by molar-refractivity contribution is -0.127. The van der Waals surface area contributed by atoms with Crippen LogP contribution >= 0.6 is 0 Å². The third-order valence-electron chi connectivity index (χ3n) is 12.2. The molecule has 4 aliphatic rings. The van der Waals surface area contributed by atoms with Gasteiger partial charge in [-0.25, -0.2) is 4.39 Å². The molecular formula is C40H61FN2O4. The fraction of sp³-hybridized carbons (Fsp3) is 0.725. The minimum absolute atomic E-state index is 0.00812. The Morgan fingerprint density at radius 3 is 2.45 bits per heavy atom. The summed E-state index contributed by atoms with van der Waals surface area (Å²) in [4.78, 5) is 19.4. The Hall–Kier alpha value is -2.22. The van der Waals surface area contributed by atoms with Crippen molar-refractivity contribution in [3.63, 3.8) is 0 Å². The highest BCUT2D eigenvalue weighted by molar-refractivity contribution is 5.83. The molecule has 3 aliphatic heterocycles. The average Bonchev–Trinajstić information content (AvgIpc) is 3.70. The first-order valence-corrected chi connectivity index (χ1v) is 18.4. The predicted octanol–water partition coefficient (Wildman–Crippen LogP) is 8.80. The van der Waals surface area contributed by atoms with Gasteiger partial charge in [0.15, 0.2) is 11.5 Å². The normalized spacial score (nSPS) is 29.7. The summed E-state index contributed by atoms with van der Waals surface area (Å²) in [5.41, 5.74) is 1.63. The Balaban J connectivity index is 1.36. The van der Waals surface area contributed by atoms with E-state index in [4.69, 9.17) is 9.47 Å². The first-order chi connectivity index (χ1) is 22.3. The second kappa shape index (κ2) is 14.7. The molecule has 5 atom stereocenters. The Morgan fingerprint density at radius 2 is 1.79 bits per heavy atom. The zero-order valence-corrected chi connectivity index (χ0v) is 30.2. The number of Topliss-reactive ketones (excluding diaryl/α,β-unsaturated/α-hetero) is 1. The molecule has 0 saturated carbocycles. The number of benzene rings is 1. The van der Waals surface area contributed by atoms with Gasteiger partial charge in [0.25, 0.3) is 0 Å². The van der Waals surface area contributed by atoms with Crippen molar-refractivity contribution in [3.8, 4) is 11.5 Å². The van der Waals surface area contributed by atoms with Crippen molar-refractivity contribution in [2.75, 3.05) is 33.0 Å². The van der Waals surface area contributed by atoms with Crippen LogP contribution in [-0.2, 0) is 4.79 Å². The van der Waals surface area contributed by atoms with Crippen LogP contribution in [0.15, 0.2) is 41.8 Å². The number of likely N-dealkylation sites (tertiary alicyclic amines) is 2. The molecule has 1 aromatic rings. The summed E-state index contributed by atoms with van der Waals surface area (Å²) in [6, 6.07) is 6.31. The topological polar surface area (TPSA) is 62.2 Å². The number of allylic oxidation sites excluding steroid dienone is 4. The second-order valence-corrected chi connectivity index (χ2v) is 16.5. The highest BCUT2D eigenvalue weighted by atomic mass is 19.1. The fourth-order valence-corrected chi connectivity index (χ4v) is 8.99. The number of carbonyl (C=O) groups is 1. The Morgan fingerprint density at radius 1 is 1.06 bits per heavy atom. The van der Waals surface area contributed by atoms with Crippen LogP contribution < -0.4 is 9.47 Å². The molecule has 3 heterocycles. The van der Waals surface area contributed by atoms with E-state index in [1.807, 2.05) is 19.1 Å². The van der Waals surface area contributed by atoms with E-state index in [2.05, 4.69) is 63.5 Å². The Labute approximate surface area is 283 Å². The van der Waals surface area contributed by atoms with Crippen molar-refractivity contribution in [3.05, 3.63) is 47.3 Å². The fourth-order valence-electron chi connectivity index (χ4n) is 8.99. The van der Waals surface area contributed by atoms with Crippen LogP contribution in [0.4, 0.5) is 4.39 Å². The molecule has 262 valence electrons. The lowest BCUT2D eigenvalue weighted by Gasteiger charge is -2.39. The summed E-state index contributed by atoms with van der Waals surface area (Å²) in [5, 5.41) is 11.1. The minimum atomic E-state index is -0.442. The molecule has 1 aliphatic carbocycles. The molecule has 1 aromatic carbocycles. The number of halogens is 1. The molecule has 0 aromatic heterocycles. The zero-order valence-electron chi connectivity index (χ0n) is 30.2. The van der Waals surface area contributed by atoms with Gasteiger partial charge < -0.3 is 14.6 Å². The van der Waals surface area contributed by atoms with Crippen LogP contribution in [0, 0.1) is 22.7 Å². The van der Waals surface area contributed by atoms with E-state index in [9.17, 15) is 14.3 Å². The summed E-state index contributed by atoms with van der Waals surface area (Å²) in [7, 11) is 0. The van der Waals surface area contributed by atoms with Crippen molar-refractivity contribution in [1.82, 2.24) is 9.80 Å². The summed E-state index contributed by atoms with van der Waals surface area (Å²) in [5.74, 6) is 2.48. The van der Waals surface area contributed by atoms with Crippen molar-refractivity contribution in [2.45, 2.75) is 130 Å². The number of fused-ring (bicyclic) bond motifs is 1. The van der Waals surface area contributed by atoms with E-state index < -0.39 is 6.23 Å². The van der Waals surface area contributed by atoms with E-state index in [0.29, 0.717) is 24.7 Å². The van der Waals surface area contributed by atoms with Gasteiger partial charge in [-0.2, -0.15) is 0 Å². The maximum absolute atomic E-state index is 14.6. The SMILES string of the molecule is CCCC(CCC)C(CCC1(C)C=CC(F)=C(C)C1)C(=O)CN1C[C@H](c2ccc3c(c2)OCO3)CC1(C)CCN1CCC(C)(C)C1O. The first-order valence-electron chi connectivity index (χ1n) is 18.4. The van der Waals surface area contributed by atoms with E-state index in [0.717, 1.165) is 94.5 Å². The summed E-state index contributed by atoms with van der Waals surface area (Å²) in [6.07, 6.45) is 12.8. The number of aliphatic hydroxyl groups is 1. The van der Waals surface area contributed by atoms with Crippen molar-refractivity contribution >= 4 is 5.78 Å². The third-order valence-corrected chi connectivity index (χ3v) is 12.2. The monoisotopic (exact) mass is 652 g/mol. The maximum Gasteiger partial charge on any atom is 0.231 e. The van der Waals surface area contributed by atoms with Gasteiger partial charge in [-0.1, -0.05) is 72.4 Å². The third kappa shape index (κ3) is 8.16. The number of aliphatic hydroxyl groups excluding tert-OH is 1. The minimum Gasteiger partial charge on any atom is -0.454 e. The quantitative estimate of drug-likeness (QED) is 0.204. The number of hydrogen-bond acceptors (Lipinski definition) is 6. The van der Waals surface area contributed by atoms with Crippen molar-refractivity contribution < 1.29 is 23.8 Å². The number of hydrogen-bond donors (Lipinski definition) is 1. The molecule has 6 nitrogen and oxygen atoms in total. The van der Waals surface area contributed by atoms with Gasteiger partial charge in [0.1, 0.15) is 17.8 Å². The summed E-state index contributed by atoms with van der Waals surface area (Å²) < 4.78 is 25.6. The number of nitrogens with zero attached hydrogens (tertiary/aromatic N) is 2. The van der Waals surface area contributed by atoms with Gasteiger partial charge in [-0.15, -0.1) is 0 Å². The van der Waals surface area contributed by atoms with Crippen LogP contribution in [0.3, 0.4) is 0 Å². The number of ether oxygens (including phenoxy) is 2. The van der Waals surface area contributed by atoms with Crippen molar-refractivity contribution in [1.29, 1.82) is 0 Å². The largest absolute Gasteiger partial charge is 0.454 e. The zero-order chi connectivity index (χ0) is 34.0. The molecule has 7 heteroatoms. The number of carbonyl (C=O) groups excluding carboxylic acids is 1. The van der Waals surface area contributed by atoms with Crippen LogP contribution in [-0.4, -0.2) is 65.4 Å². The van der Waals surface area contributed by atoms with Crippen molar-refractivity contribution in [2.24, 2.45) is 22.7 Å². The second-order valence-electron chi connectivity index (χ2n) is 16.5. The van der Waals surface area contributed by atoms with E-state index >= 15 is 0 Å². The molecule has 2 fully saturated rings. The summed E-state index contributed by atoms with van der Waals surface area (Å²) in [6.45, 7) is 18.4. The lowest BCUT2D eigenvalue weighted by Crippen LogP contribution is -2.48. The molecule has 5 rings (SSSR count). The van der Waals surface area contributed by atoms with Gasteiger partial charge in [-0.3, -0.25) is 14.6 Å². The number of ketones is 1. The van der Waals surface area contributed by atoms with E-state index in [1.54, 1.807) is 6.08 Å². The highest BCUT2D eigenvalue weighted by Crippen LogP contribution is 2.46. The molecule has 4 unspecified atom stereocenters. The van der Waals surface area contributed by atoms with E-state index in [1.165, 1.54) is 5.56 Å². The molecule has 0 spiro atoms. The Bertz CT molecular complexity index is 1320. The lowest BCUT2D eigenvalue weighted by atomic mass is 9.72. The highest BCUT2D eigenvalue weighted by Gasteiger charge is 2.46. The molecule has 47 heavy (non-hydrogen) atoms. The predicted molar refractivity (Wildman–Crippen MR) is 187 cm³/mol. The standard InChI is InChI=1S/C40H61FN2O4/c1-8-10-29(11-9-2)32(14-16-39(6)17-15-33(41)28(3)23-39)34(44)26-43-25-31(30-12-13-35-36(22-30)47-27-46-35)24-40(43,7)19-21-42-20-18-38(4,5)37(42)45/h12-13,15,17,22,29,31-32,37,45H,8-11,14,16,18-21,23-27H2,1-7H3/t31-,32?,37?,39?,40?/m1/s1. The van der Waals surface area contributed by atoms with Gasteiger partial charge in [0, 0.05) is 36.5 Å². The molecule has 0 bridgehead atoms. The maximum atomic E-state index is 14.6. The smallest absolute Gasteiger partial charge is 0.231 e. The van der Waals surface area contributed by atoms with Crippen LogP contribution in [0.1, 0.15) is 124 Å². The van der Waals surface area contributed by atoms with Gasteiger partial charge in [0.2, 0.25) is 6.79 Å². The van der Waals surface area contributed by atoms with Crippen LogP contribution in [0.25, 0.3) is 0 Å². The molecule has 1 N–H and O–H groups in total. The van der Waals surface area contributed by atoms with Gasteiger partial charge >= 0.3 is 0 Å². The summed E-state index contributed by atoms with van der Waals surface area (Å²) >= 11 is 0. The van der Waals surface area contributed by atoms with Gasteiger partial charge in [0.05, 0.1) is 6.54 Å². The Kier molecular flexibility index (Phi) is 11.3. The van der Waals surface area contributed by atoms with Crippen LogP contribution in [0.5, 0.6) is 11.5 Å². The molecular weight excluding hydrogens is 591 g/mol. The molecule has 0 amide bonds. The van der Waals surface area contributed by atoms with E-state index in [-0.39, 0.29) is 40.8 Å². The van der Waals surface area contributed by atoms with Gasteiger partial charge in [-0.05, 0) is 99.0 Å². The number of rotatable bonds is 15. The first kappa shape index (κ1) is 36.1. The average molecular weight is 653 g/mol. The molecule has 0 radical (unpaired) electrons.